The molecule has 0 radical (unpaired) electrons. The van der Waals surface area contributed by atoms with Crippen LogP contribution in [0.25, 0.3) is 11.1 Å². The standard InChI is InChI=1S/C20H13ClF3N3O3/c21-11-1-2-12-13(6-11)30-17(26-12)19-7-18(8-19,9-19)16(29)27-15(28)10-3-4-25-14(5-10)20(22,23)24/h1-6H,7-9H2,(H,27,28,29). The van der Waals surface area contributed by atoms with E-state index in [0.717, 1.165) is 12.3 Å². The fraction of sp³-hybridized carbons (Fsp3) is 0.300. The third-order valence-electron chi connectivity index (χ3n) is 5.86. The van der Waals surface area contributed by atoms with Crippen LogP contribution in [0.5, 0.6) is 0 Å². The Labute approximate surface area is 172 Å². The van der Waals surface area contributed by atoms with Crippen molar-refractivity contribution >= 4 is 34.5 Å². The maximum atomic E-state index is 12.8. The zero-order chi connectivity index (χ0) is 21.3. The summed E-state index contributed by atoms with van der Waals surface area (Å²) in [5.41, 5.74) is -1.31. The molecule has 0 unspecified atom stereocenters. The zero-order valence-electron chi connectivity index (χ0n) is 15.2. The number of carbonyl (C=O) groups excluding carboxylic acids is 2. The van der Waals surface area contributed by atoms with Crippen LogP contribution >= 0.6 is 11.6 Å². The number of halogens is 4. The Morgan fingerprint density at radius 1 is 1.13 bits per heavy atom. The van der Waals surface area contributed by atoms with Crippen molar-refractivity contribution in [3.05, 3.63) is 58.7 Å². The highest BCUT2D eigenvalue weighted by Gasteiger charge is 2.74. The van der Waals surface area contributed by atoms with Gasteiger partial charge in [0.05, 0.1) is 10.8 Å². The number of hydrogen-bond acceptors (Lipinski definition) is 5. The molecule has 3 aromatic rings. The summed E-state index contributed by atoms with van der Waals surface area (Å²) >= 11 is 5.96. The molecule has 2 bridgehead atoms. The largest absolute Gasteiger partial charge is 0.440 e. The first-order valence-corrected chi connectivity index (χ1v) is 9.44. The molecule has 154 valence electrons. The molecule has 2 amide bonds. The van der Waals surface area contributed by atoms with E-state index in [2.05, 4.69) is 15.3 Å². The molecule has 2 heterocycles. The summed E-state index contributed by atoms with van der Waals surface area (Å²) < 4.78 is 44.1. The Hall–Kier alpha value is -2.94. The minimum absolute atomic E-state index is 0.275. The normalized spacial score (nSPS) is 24.8. The lowest BCUT2D eigenvalue weighted by molar-refractivity contribution is -0.179. The fourth-order valence-corrected chi connectivity index (χ4v) is 4.58. The van der Waals surface area contributed by atoms with Gasteiger partial charge in [0.25, 0.3) is 5.91 Å². The van der Waals surface area contributed by atoms with E-state index in [1.807, 2.05) is 0 Å². The van der Waals surface area contributed by atoms with Gasteiger partial charge >= 0.3 is 6.18 Å². The van der Waals surface area contributed by atoms with Gasteiger partial charge < -0.3 is 4.42 Å². The van der Waals surface area contributed by atoms with E-state index in [1.165, 1.54) is 0 Å². The second kappa shape index (κ2) is 6.04. The van der Waals surface area contributed by atoms with E-state index in [9.17, 15) is 22.8 Å². The number of hydrogen-bond donors (Lipinski definition) is 1. The number of pyridine rings is 1. The van der Waals surface area contributed by atoms with Crippen molar-refractivity contribution < 1.29 is 27.2 Å². The number of carbonyl (C=O) groups is 2. The number of aromatic nitrogens is 2. The lowest BCUT2D eigenvalue weighted by Gasteiger charge is -2.67. The van der Waals surface area contributed by atoms with Crippen molar-refractivity contribution in [1.29, 1.82) is 0 Å². The molecule has 10 heteroatoms. The Balaban J connectivity index is 1.27. The number of rotatable bonds is 3. The lowest BCUT2D eigenvalue weighted by Crippen LogP contribution is -2.70. The molecule has 1 aromatic carbocycles. The molecule has 0 aliphatic heterocycles. The van der Waals surface area contributed by atoms with E-state index < -0.39 is 29.1 Å². The predicted octanol–water partition coefficient (Wildman–Crippen LogP) is 4.27. The van der Waals surface area contributed by atoms with Gasteiger partial charge in [0, 0.05) is 22.8 Å². The van der Waals surface area contributed by atoms with E-state index in [0.29, 0.717) is 47.3 Å². The average molecular weight is 436 g/mol. The van der Waals surface area contributed by atoms with Crippen LogP contribution in [-0.2, 0) is 16.4 Å². The van der Waals surface area contributed by atoms with Crippen LogP contribution in [0.4, 0.5) is 13.2 Å². The number of alkyl halides is 3. The predicted molar refractivity (Wildman–Crippen MR) is 98.7 cm³/mol. The molecule has 0 atom stereocenters. The molecule has 6 nitrogen and oxygen atoms in total. The van der Waals surface area contributed by atoms with Gasteiger partial charge in [-0.3, -0.25) is 19.9 Å². The van der Waals surface area contributed by atoms with Crippen LogP contribution in [0.15, 0.2) is 40.9 Å². The van der Waals surface area contributed by atoms with Crippen molar-refractivity contribution in [1.82, 2.24) is 15.3 Å². The fourth-order valence-electron chi connectivity index (χ4n) is 4.42. The minimum atomic E-state index is -4.68. The Morgan fingerprint density at radius 2 is 1.87 bits per heavy atom. The summed E-state index contributed by atoms with van der Waals surface area (Å²) in [7, 11) is 0. The topological polar surface area (TPSA) is 85.1 Å². The molecule has 3 aliphatic carbocycles. The quantitative estimate of drug-likeness (QED) is 0.621. The third kappa shape index (κ3) is 2.79. The molecular weight excluding hydrogens is 423 g/mol. The monoisotopic (exact) mass is 435 g/mol. The van der Waals surface area contributed by atoms with Crippen molar-refractivity contribution in [3.63, 3.8) is 0 Å². The van der Waals surface area contributed by atoms with Gasteiger partial charge in [0.15, 0.2) is 5.58 Å². The first kappa shape index (κ1) is 19.0. The smallest absolute Gasteiger partial charge is 0.433 e. The van der Waals surface area contributed by atoms with Gasteiger partial charge in [-0.15, -0.1) is 0 Å². The average Bonchev–Trinajstić information content (AvgIpc) is 3.01. The SMILES string of the molecule is O=C(NC(=O)C12CC(c3nc4ccc(Cl)cc4o3)(C1)C2)c1ccnc(C(F)(F)F)c1. The van der Waals surface area contributed by atoms with E-state index in [4.69, 9.17) is 16.0 Å². The third-order valence-corrected chi connectivity index (χ3v) is 6.09. The number of benzene rings is 1. The van der Waals surface area contributed by atoms with Crippen molar-refractivity contribution in [2.45, 2.75) is 30.9 Å². The highest BCUT2D eigenvalue weighted by Crippen LogP contribution is 2.73. The van der Waals surface area contributed by atoms with Crippen molar-refractivity contribution in [3.8, 4) is 0 Å². The summed E-state index contributed by atoms with van der Waals surface area (Å²) in [4.78, 5) is 32.6. The second-order valence-electron chi connectivity index (χ2n) is 7.93. The second-order valence-corrected chi connectivity index (χ2v) is 8.37. The van der Waals surface area contributed by atoms with Crippen LogP contribution in [-0.4, -0.2) is 21.8 Å². The summed E-state index contributed by atoms with van der Waals surface area (Å²) in [5, 5.41) is 2.75. The minimum Gasteiger partial charge on any atom is -0.440 e. The number of nitrogens with one attached hydrogen (secondary N) is 1. The first-order chi connectivity index (χ1) is 14.1. The number of nitrogens with zero attached hydrogens (tertiary/aromatic N) is 2. The van der Waals surface area contributed by atoms with Gasteiger partial charge in [0.2, 0.25) is 11.8 Å². The number of oxazole rings is 1. The van der Waals surface area contributed by atoms with Gasteiger partial charge in [0.1, 0.15) is 11.2 Å². The summed E-state index contributed by atoms with van der Waals surface area (Å²) in [5.74, 6) is -0.855. The van der Waals surface area contributed by atoms with Crippen LogP contribution in [0, 0.1) is 5.41 Å². The van der Waals surface area contributed by atoms with Gasteiger partial charge in [-0.25, -0.2) is 4.98 Å². The molecule has 6 rings (SSSR count). The first-order valence-electron chi connectivity index (χ1n) is 9.06. The molecule has 3 fully saturated rings. The zero-order valence-corrected chi connectivity index (χ0v) is 16.0. The van der Waals surface area contributed by atoms with Crippen molar-refractivity contribution in [2.24, 2.45) is 5.41 Å². The Bertz CT molecular complexity index is 1200. The van der Waals surface area contributed by atoms with Gasteiger partial charge in [-0.2, -0.15) is 13.2 Å². The molecule has 30 heavy (non-hydrogen) atoms. The lowest BCUT2D eigenvalue weighted by atomic mass is 9.34. The van der Waals surface area contributed by atoms with Gasteiger partial charge in [-0.05, 0) is 43.5 Å². The van der Waals surface area contributed by atoms with Crippen LogP contribution in [0.2, 0.25) is 5.02 Å². The van der Waals surface area contributed by atoms with Crippen LogP contribution in [0.3, 0.4) is 0 Å². The molecule has 1 N–H and O–H groups in total. The Morgan fingerprint density at radius 3 is 2.57 bits per heavy atom. The van der Waals surface area contributed by atoms with Crippen LogP contribution in [0.1, 0.15) is 41.2 Å². The Kier molecular flexibility index (Phi) is 3.83. The summed E-state index contributed by atoms with van der Waals surface area (Å²) in [6.07, 6.45) is -2.40. The molecular formula is C20H13ClF3N3O3. The molecule has 0 saturated heterocycles. The summed E-state index contributed by atoms with van der Waals surface area (Å²) in [6.45, 7) is 0. The maximum absolute atomic E-state index is 12.8. The summed E-state index contributed by atoms with van der Waals surface area (Å²) in [6, 6.07) is 6.88. The number of imide groups is 1. The van der Waals surface area contributed by atoms with Gasteiger partial charge in [-0.1, -0.05) is 11.6 Å². The maximum Gasteiger partial charge on any atom is 0.433 e. The van der Waals surface area contributed by atoms with E-state index >= 15 is 0 Å². The van der Waals surface area contributed by atoms with E-state index in [-0.39, 0.29) is 11.0 Å². The molecule has 2 aromatic heterocycles. The number of fused-ring (bicyclic) bond motifs is 1. The van der Waals surface area contributed by atoms with Crippen molar-refractivity contribution in [2.75, 3.05) is 0 Å². The van der Waals surface area contributed by atoms with Crippen LogP contribution < -0.4 is 5.32 Å². The number of amides is 2. The highest BCUT2D eigenvalue weighted by atomic mass is 35.5. The molecule has 3 saturated carbocycles. The highest BCUT2D eigenvalue weighted by molar-refractivity contribution is 6.31. The molecule has 3 aliphatic rings. The molecule has 0 spiro atoms. The van der Waals surface area contributed by atoms with E-state index in [1.54, 1.807) is 18.2 Å².